The van der Waals surface area contributed by atoms with E-state index in [2.05, 4.69) is 57.6 Å². The van der Waals surface area contributed by atoms with Crippen LogP contribution in [0, 0.1) is 27.7 Å². The third kappa shape index (κ3) is 2.48. The summed E-state index contributed by atoms with van der Waals surface area (Å²) in [5, 5.41) is 0. The van der Waals surface area contributed by atoms with Gasteiger partial charge in [-0.25, -0.2) is 15.0 Å². The van der Waals surface area contributed by atoms with Crippen LogP contribution >= 0.6 is 0 Å². The molecule has 0 saturated carbocycles. The molecule has 124 valence electrons. The predicted molar refractivity (Wildman–Crippen MR) is 98.8 cm³/mol. The summed E-state index contributed by atoms with van der Waals surface area (Å²) in [6, 6.07) is 10.4. The fourth-order valence-electron chi connectivity index (χ4n) is 3.31. The van der Waals surface area contributed by atoms with Crippen molar-refractivity contribution in [2.24, 2.45) is 0 Å². The van der Waals surface area contributed by atoms with E-state index in [0.29, 0.717) is 5.65 Å². The highest BCUT2D eigenvalue weighted by Crippen LogP contribution is 2.31. The molecular weight excluding hydrogens is 310 g/mol. The maximum atomic E-state index is 4.80. The van der Waals surface area contributed by atoms with Crippen molar-refractivity contribution in [1.82, 2.24) is 24.5 Å². The van der Waals surface area contributed by atoms with Gasteiger partial charge < -0.3 is 0 Å². The summed E-state index contributed by atoms with van der Waals surface area (Å²) in [6.07, 6.45) is 3.36. The molecule has 0 radical (unpaired) electrons. The summed E-state index contributed by atoms with van der Waals surface area (Å²) < 4.78 is 2.15. The Morgan fingerprint density at radius 3 is 2.36 bits per heavy atom. The normalized spacial score (nSPS) is 11.2. The van der Waals surface area contributed by atoms with Gasteiger partial charge in [-0.2, -0.15) is 0 Å². The van der Waals surface area contributed by atoms with E-state index in [-0.39, 0.29) is 0 Å². The molecule has 0 N–H and O–H groups in total. The fraction of sp³-hybridized carbons (Fsp3) is 0.200. The van der Waals surface area contributed by atoms with Gasteiger partial charge in [-0.05, 0) is 51.0 Å². The molecule has 3 aromatic heterocycles. The van der Waals surface area contributed by atoms with Crippen LogP contribution in [0.1, 0.15) is 22.5 Å². The monoisotopic (exact) mass is 329 g/mol. The van der Waals surface area contributed by atoms with Gasteiger partial charge in [-0.15, -0.1) is 0 Å². The molecule has 1 aromatic carbocycles. The number of imidazole rings is 1. The van der Waals surface area contributed by atoms with Crippen molar-refractivity contribution in [3.05, 3.63) is 65.4 Å². The average molecular weight is 329 g/mol. The highest BCUT2D eigenvalue weighted by Gasteiger charge is 2.19. The number of hydrogen-bond donors (Lipinski definition) is 0. The van der Waals surface area contributed by atoms with Gasteiger partial charge in [0.25, 0.3) is 0 Å². The summed E-state index contributed by atoms with van der Waals surface area (Å²) in [5.74, 6) is 0.845. The van der Waals surface area contributed by atoms with Crippen molar-refractivity contribution in [1.29, 1.82) is 0 Å². The summed E-state index contributed by atoms with van der Waals surface area (Å²) in [4.78, 5) is 18.0. The standard InChI is InChI=1S/C20H19N5/c1-12-6-5-7-13(2)18(12)25-17-10-21-11-22-19(17)24-20(25)16-9-8-14(3)23-15(16)4/h5-11H,1-4H3. The molecule has 0 atom stereocenters. The Morgan fingerprint density at radius 1 is 0.880 bits per heavy atom. The van der Waals surface area contributed by atoms with Gasteiger partial charge in [-0.3, -0.25) is 9.55 Å². The summed E-state index contributed by atoms with van der Waals surface area (Å²) >= 11 is 0. The third-order valence-electron chi connectivity index (χ3n) is 4.47. The Bertz CT molecular complexity index is 1070. The number of fused-ring (bicyclic) bond motifs is 1. The van der Waals surface area contributed by atoms with Crippen LogP contribution < -0.4 is 0 Å². The SMILES string of the molecule is Cc1ccc(-c2nc3ncncc3n2-c2c(C)cccc2C)c(C)n1. The first-order valence-corrected chi connectivity index (χ1v) is 8.26. The van der Waals surface area contributed by atoms with Gasteiger partial charge in [0.15, 0.2) is 5.65 Å². The van der Waals surface area contributed by atoms with Crippen LogP contribution in [-0.2, 0) is 0 Å². The smallest absolute Gasteiger partial charge is 0.181 e. The molecule has 5 nitrogen and oxygen atoms in total. The molecular formula is C20H19N5. The summed E-state index contributed by atoms with van der Waals surface area (Å²) in [7, 11) is 0. The first kappa shape index (κ1) is 15.4. The van der Waals surface area contributed by atoms with E-state index in [1.807, 2.05) is 26.1 Å². The Morgan fingerprint density at radius 2 is 1.64 bits per heavy atom. The van der Waals surface area contributed by atoms with Crippen LogP contribution in [0.5, 0.6) is 0 Å². The Hall–Kier alpha value is -3.08. The number of benzene rings is 1. The van der Waals surface area contributed by atoms with Gasteiger partial charge in [0.2, 0.25) is 0 Å². The van der Waals surface area contributed by atoms with E-state index in [0.717, 1.165) is 34.0 Å². The molecule has 0 aliphatic heterocycles. The number of aryl methyl sites for hydroxylation is 4. The second kappa shape index (κ2) is 5.77. The van der Waals surface area contributed by atoms with E-state index in [4.69, 9.17) is 4.98 Å². The molecule has 4 rings (SSSR count). The molecule has 0 bridgehead atoms. The van der Waals surface area contributed by atoms with Gasteiger partial charge in [0, 0.05) is 17.0 Å². The summed E-state index contributed by atoms with van der Waals surface area (Å²) in [6.45, 7) is 8.24. The minimum atomic E-state index is 0.688. The van der Waals surface area contributed by atoms with E-state index in [1.54, 1.807) is 0 Å². The van der Waals surface area contributed by atoms with Gasteiger partial charge in [-0.1, -0.05) is 18.2 Å². The number of rotatable bonds is 2. The van der Waals surface area contributed by atoms with Crippen LogP contribution in [0.3, 0.4) is 0 Å². The molecule has 0 saturated heterocycles. The van der Waals surface area contributed by atoms with Gasteiger partial charge >= 0.3 is 0 Å². The van der Waals surface area contributed by atoms with Crippen molar-refractivity contribution in [3.63, 3.8) is 0 Å². The molecule has 3 heterocycles. The average Bonchev–Trinajstić information content (AvgIpc) is 2.94. The van der Waals surface area contributed by atoms with Crippen LogP contribution in [0.2, 0.25) is 0 Å². The van der Waals surface area contributed by atoms with Crippen molar-refractivity contribution < 1.29 is 0 Å². The molecule has 0 aliphatic carbocycles. The zero-order chi connectivity index (χ0) is 17.6. The number of hydrogen-bond acceptors (Lipinski definition) is 4. The lowest BCUT2D eigenvalue weighted by molar-refractivity contribution is 1.04. The van der Waals surface area contributed by atoms with E-state index < -0.39 is 0 Å². The quantitative estimate of drug-likeness (QED) is 0.555. The maximum absolute atomic E-state index is 4.80. The number of pyridine rings is 1. The van der Waals surface area contributed by atoms with Crippen molar-refractivity contribution in [2.45, 2.75) is 27.7 Å². The lowest BCUT2D eigenvalue weighted by Crippen LogP contribution is -2.04. The highest BCUT2D eigenvalue weighted by atomic mass is 15.1. The van der Waals surface area contributed by atoms with Crippen LogP contribution in [0.4, 0.5) is 0 Å². The Balaban J connectivity index is 2.13. The number of nitrogens with zero attached hydrogens (tertiary/aromatic N) is 5. The summed E-state index contributed by atoms with van der Waals surface area (Å²) in [5.41, 5.74) is 8.03. The predicted octanol–water partition coefficient (Wildman–Crippen LogP) is 4.11. The molecule has 0 spiro atoms. The van der Waals surface area contributed by atoms with E-state index >= 15 is 0 Å². The third-order valence-corrected chi connectivity index (χ3v) is 4.47. The van der Waals surface area contributed by atoms with Crippen LogP contribution in [0.15, 0.2) is 42.9 Å². The van der Waals surface area contributed by atoms with E-state index in [1.165, 1.54) is 17.5 Å². The number of para-hydroxylation sites is 1. The zero-order valence-electron chi connectivity index (χ0n) is 14.8. The molecule has 0 unspecified atom stereocenters. The Kier molecular flexibility index (Phi) is 3.57. The first-order valence-electron chi connectivity index (χ1n) is 8.26. The number of aromatic nitrogens is 5. The van der Waals surface area contributed by atoms with Crippen molar-refractivity contribution in [3.8, 4) is 17.1 Å². The topological polar surface area (TPSA) is 56.5 Å². The minimum absolute atomic E-state index is 0.688. The Labute approximate surface area is 146 Å². The molecule has 4 aromatic rings. The lowest BCUT2D eigenvalue weighted by Gasteiger charge is -2.15. The lowest BCUT2D eigenvalue weighted by atomic mass is 10.1. The van der Waals surface area contributed by atoms with Gasteiger partial charge in [0.05, 0.1) is 11.9 Å². The molecule has 0 amide bonds. The van der Waals surface area contributed by atoms with Crippen LogP contribution in [0.25, 0.3) is 28.2 Å². The van der Waals surface area contributed by atoms with Crippen molar-refractivity contribution >= 4 is 11.2 Å². The zero-order valence-corrected chi connectivity index (χ0v) is 14.8. The van der Waals surface area contributed by atoms with E-state index in [9.17, 15) is 0 Å². The molecule has 25 heavy (non-hydrogen) atoms. The second-order valence-corrected chi connectivity index (χ2v) is 6.33. The first-order chi connectivity index (χ1) is 12.1. The van der Waals surface area contributed by atoms with Crippen molar-refractivity contribution in [2.75, 3.05) is 0 Å². The molecule has 5 heteroatoms. The van der Waals surface area contributed by atoms with Crippen LogP contribution in [-0.4, -0.2) is 24.5 Å². The molecule has 0 fully saturated rings. The maximum Gasteiger partial charge on any atom is 0.181 e. The highest BCUT2D eigenvalue weighted by molar-refractivity contribution is 5.81. The molecule has 0 aliphatic rings. The minimum Gasteiger partial charge on any atom is -0.289 e. The fourth-order valence-corrected chi connectivity index (χ4v) is 3.31. The largest absolute Gasteiger partial charge is 0.289 e. The van der Waals surface area contributed by atoms with Gasteiger partial charge in [0.1, 0.15) is 17.7 Å². The second-order valence-electron chi connectivity index (χ2n) is 6.33.